The van der Waals surface area contributed by atoms with Gasteiger partial charge in [-0.25, -0.2) is 4.39 Å². The van der Waals surface area contributed by atoms with E-state index in [9.17, 15) is 8.78 Å². The molecular weight excluding hydrogens is 212 g/mol. The van der Waals surface area contributed by atoms with E-state index in [1.807, 2.05) is 14.0 Å². The van der Waals surface area contributed by atoms with Gasteiger partial charge in [-0.1, -0.05) is 6.07 Å². The lowest BCUT2D eigenvalue weighted by Gasteiger charge is -2.12. The van der Waals surface area contributed by atoms with Gasteiger partial charge in [-0.2, -0.15) is 0 Å². The number of alkyl halides is 1. The Kier molecular flexibility index (Phi) is 5.19. The van der Waals surface area contributed by atoms with Gasteiger partial charge in [0.1, 0.15) is 0 Å². The maximum absolute atomic E-state index is 13.5. The van der Waals surface area contributed by atoms with Gasteiger partial charge in [-0.05, 0) is 31.7 Å². The van der Waals surface area contributed by atoms with Crippen molar-refractivity contribution >= 4 is 0 Å². The van der Waals surface area contributed by atoms with Gasteiger partial charge in [0.25, 0.3) is 0 Å². The molecule has 0 aliphatic rings. The van der Waals surface area contributed by atoms with Gasteiger partial charge in [-0.15, -0.1) is 0 Å². The highest BCUT2D eigenvalue weighted by atomic mass is 19.1. The Balaban J connectivity index is 2.67. The maximum atomic E-state index is 13.5. The molecule has 0 saturated heterocycles. The second-order valence-corrected chi connectivity index (χ2v) is 3.59. The summed E-state index contributed by atoms with van der Waals surface area (Å²) in [5.41, 5.74) is 0.859. The average molecular weight is 229 g/mol. The summed E-state index contributed by atoms with van der Waals surface area (Å²) < 4.78 is 30.5. The third kappa shape index (κ3) is 3.45. The molecule has 0 fully saturated rings. The fraction of sp³-hybridized carbons (Fsp3) is 0.500. The molecule has 16 heavy (non-hydrogen) atoms. The molecular formula is C12H17F2NO. The molecule has 1 rings (SSSR count). The summed E-state index contributed by atoms with van der Waals surface area (Å²) in [5, 5.41) is 3.02. The second kappa shape index (κ2) is 6.43. The van der Waals surface area contributed by atoms with E-state index in [0.717, 1.165) is 5.56 Å². The molecule has 1 N–H and O–H groups in total. The highest BCUT2D eigenvalue weighted by Gasteiger charge is 2.08. The van der Waals surface area contributed by atoms with Gasteiger partial charge >= 0.3 is 0 Å². The lowest BCUT2D eigenvalue weighted by molar-refractivity contribution is 0.277. The van der Waals surface area contributed by atoms with Gasteiger partial charge in [0.15, 0.2) is 11.6 Å². The molecule has 0 aliphatic carbocycles. The van der Waals surface area contributed by atoms with Crippen molar-refractivity contribution in [3.8, 4) is 5.75 Å². The maximum Gasteiger partial charge on any atom is 0.165 e. The van der Waals surface area contributed by atoms with Crippen LogP contribution >= 0.6 is 0 Å². The Morgan fingerprint density at radius 2 is 2.19 bits per heavy atom. The lowest BCUT2D eigenvalue weighted by atomic mass is 10.1. The minimum Gasteiger partial charge on any atom is -0.490 e. The fourth-order valence-electron chi connectivity index (χ4n) is 1.31. The standard InChI is InChI=1S/C12H17F2NO/c1-9(15-2)10-4-5-12(11(14)8-10)16-7-3-6-13/h4-5,8-9,15H,3,6-7H2,1-2H3. The zero-order chi connectivity index (χ0) is 12.0. The first-order chi connectivity index (χ1) is 7.69. The van der Waals surface area contributed by atoms with Gasteiger partial charge in [0, 0.05) is 12.5 Å². The van der Waals surface area contributed by atoms with Crippen LogP contribution in [0.2, 0.25) is 0 Å². The van der Waals surface area contributed by atoms with Crippen molar-refractivity contribution in [2.24, 2.45) is 0 Å². The largest absolute Gasteiger partial charge is 0.490 e. The summed E-state index contributed by atoms with van der Waals surface area (Å²) in [7, 11) is 1.81. The van der Waals surface area contributed by atoms with Crippen LogP contribution in [0.3, 0.4) is 0 Å². The zero-order valence-corrected chi connectivity index (χ0v) is 9.59. The lowest BCUT2D eigenvalue weighted by Crippen LogP contribution is -2.12. The fourth-order valence-corrected chi connectivity index (χ4v) is 1.31. The molecule has 0 aromatic heterocycles. The predicted molar refractivity (Wildman–Crippen MR) is 60.0 cm³/mol. The van der Waals surface area contributed by atoms with Crippen molar-refractivity contribution in [3.63, 3.8) is 0 Å². The number of nitrogens with one attached hydrogen (secondary N) is 1. The molecule has 0 heterocycles. The van der Waals surface area contributed by atoms with Crippen molar-refractivity contribution in [1.29, 1.82) is 0 Å². The van der Waals surface area contributed by atoms with E-state index >= 15 is 0 Å². The molecule has 1 aromatic rings. The first-order valence-corrected chi connectivity index (χ1v) is 5.34. The van der Waals surface area contributed by atoms with E-state index in [1.165, 1.54) is 6.07 Å². The van der Waals surface area contributed by atoms with Crippen LogP contribution in [0, 0.1) is 5.82 Å². The van der Waals surface area contributed by atoms with Crippen molar-refractivity contribution in [3.05, 3.63) is 29.6 Å². The van der Waals surface area contributed by atoms with E-state index in [-0.39, 0.29) is 24.8 Å². The number of ether oxygens (including phenoxy) is 1. The Morgan fingerprint density at radius 3 is 2.75 bits per heavy atom. The number of hydrogen-bond acceptors (Lipinski definition) is 2. The summed E-state index contributed by atoms with van der Waals surface area (Å²) in [6.07, 6.45) is 0.286. The molecule has 0 aliphatic heterocycles. The van der Waals surface area contributed by atoms with E-state index in [1.54, 1.807) is 12.1 Å². The van der Waals surface area contributed by atoms with Gasteiger partial charge in [0.2, 0.25) is 0 Å². The summed E-state index contributed by atoms with van der Waals surface area (Å²) in [5.74, 6) is -0.223. The molecule has 4 heteroatoms. The minimum absolute atomic E-state index is 0.0920. The van der Waals surface area contributed by atoms with Gasteiger partial charge < -0.3 is 10.1 Å². The van der Waals surface area contributed by atoms with Crippen molar-refractivity contribution in [2.75, 3.05) is 20.3 Å². The third-order valence-electron chi connectivity index (χ3n) is 2.42. The van der Waals surface area contributed by atoms with Crippen LogP contribution in [0.4, 0.5) is 8.78 Å². The van der Waals surface area contributed by atoms with E-state index < -0.39 is 12.5 Å². The topological polar surface area (TPSA) is 21.3 Å². The number of hydrogen-bond donors (Lipinski definition) is 1. The summed E-state index contributed by atoms with van der Waals surface area (Å²) in [4.78, 5) is 0. The molecule has 0 bridgehead atoms. The molecule has 1 aromatic carbocycles. The van der Waals surface area contributed by atoms with Crippen LogP contribution < -0.4 is 10.1 Å². The molecule has 0 saturated carbocycles. The van der Waals surface area contributed by atoms with Crippen molar-refractivity contribution < 1.29 is 13.5 Å². The normalized spacial score (nSPS) is 12.5. The number of benzene rings is 1. The number of halogens is 2. The zero-order valence-electron chi connectivity index (χ0n) is 9.59. The Labute approximate surface area is 94.6 Å². The van der Waals surface area contributed by atoms with E-state index in [2.05, 4.69) is 5.32 Å². The summed E-state index contributed by atoms with van der Waals surface area (Å²) in [6, 6.07) is 4.91. The Hall–Kier alpha value is -1.16. The van der Waals surface area contributed by atoms with Crippen LogP contribution in [0.5, 0.6) is 5.75 Å². The molecule has 0 spiro atoms. The Morgan fingerprint density at radius 1 is 1.44 bits per heavy atom. The van der Waals surface area contributed by atoms with Crippen LogP contribution in [-0.4, -0.2) is 20.3 Å². The van der Waals surface area contributed by atoms with Crippen molar-refractivity contribution in [1.82, 2.24) is 5.32 Å². The smallest absolute Gasteiger partial charge is 0.165 e. The molecule has 2 nitrogen and oxygen atoms in total. The molecule has 90 valence electrons. The highest BCUT2D eigenvalue weighted by molar-refractivity contribution is 5.30. The molecule has 0 amide bonds. The predicted octanol–water partition coefficient (Wildman–Crippen LogP) is 2.84. The van der Waals surface area contributed by atoms with Crippen molar-refractivity contribution in [2.45, 2.75) is 19.4 Å². The molecule has 0 radical (unpaired) electrons. The average Bonchev–Trinajstić information content (AvgIpc) is 2.30. The van der Waals surface area contributed by atoms with Crippen LogP contribution in [0.1, 0.15) is 24.9 Å². The Bertz CT molecular complexity index is 331. The number of rotatable bonds is 6. The van der Waals surface area contributed by atoms with Crippen LogP contribution in [0.25, 0.3) is 0 Å². The van der Waals surface area contributed by atoms with Crippen LogP contribution in [0.15, 0.2) is 18.2 Å². The molecule has 1 unspecified atom stereocenters. The van der Waals surface area contributed by atoms with E-state index in [4.69, 9.17) is 4.74 Å². The first kappa shape index (κ1) is 12.9. The minimum atomic E-state index is -0.448. The van der Waals surface area contributed by atoms with Gasteiger partial charge in [-0.3, -0.25) is 4.39 Å². The SMILES string of the molecule is CNC(C)c1ccc(OCCCF)c(F)c1. The third-order valence-corrected chi connectivity index (χ3v) is 2.42. The molecule has 1 atom stereocenters. The summed E-state index contributed by atoms with van der Waals surface area (Å²) >= 11 is 0. The monoisotopic (exact) mass is 229 g/mol. The van der Waals surface area contributed by atoms with Crippen LogP contribution in [-0.2, 0) is 0 Å². The van der Waals surface area contributed by atoms with Gasteiger partial charge in [0.05, 0.1) is 13.3 Å². The summed E-state index contributed by atoms with van der Waals surface area (Å²) in [6.45, 7) is 1.70. The van der Waals surface area contributed by atoms with E-state index in [0.29, 0.717) is 0 Å². The first-order valence-electron chi connectivity index (χ1n) is 5.34. The quantitative estimate of drug-likeness (QED) is 0.757. The highest BCUT2D eigenvalue weighted by Crippen LogP contribution is 2.21. The second-order valence-electron chi connectivity index (χ2n) is 3.59.